The maximum Gasteiger partial charge on any atom is 0.266 e. The number of nitrogens with zero attached hydrogens (tertiary/aromatic N) is 3. The summed E-state index contributed by atoms with van der Waals surface area (Å²) in [7, 11) is 0. The second-order valence-corrected chi connectivity index (χ2v) is 8.70. The molecular formula is C22H24N4OS. The summed E-state index contributed by atoms with van der Waals surface area (Å²) in [6.07, 6.45) is 3.27. The van der Waals surface area contributed by atoms with E-state index < -0.39 is 0 Å². The van der Waals surface area contributed by atoms with E-state index in [0.29, 0.717) is 10.6 Å². The Balaban J connectivity index is 1.30. The van der Waals surface area contributed by atoms with E-state index >= 15 is 0 Å². The number of carbonyl (C=O) groups is 1. The lowest BCUT2D eigenvalue weighted by atomic mass is 10.1. The Kier molecular flexibility index (Phi) is 4.53. The molecule has 1 fully saturated rings. The number of nitrogen functional groups attached to an aromatic ring is 1. The fourth-order valence-electron chi connectivity index (χ4n) is 4.25. The maximum atomic E-state index is 13.1. The fourth-order valence-corrected chi connectivity index (χ4v) is 5.32. The molecule has 5 rings (SSSR count). The van der Waals surface area contributed by atoms with E-state index in [1.54, 1.807) is 0 Å². The van der Waals surface area contributed by atoms with Gasteiger partial charge in [-0.05, 0) is 36.5 Å². The number of hydrogen-bond donors (Lipinski definition) is 1. The molecule has 2 aromatic heterocycles. The van der Waals surface area contributed by atoms with Crippen LogP contribution in [-0.4, -0.2) is 46.9 Å². The molecule has 1 aliphatic heterocycles. The van der Waals surface area contributed by atoms with Crippen LogP contribution in [0.3, 0.4) is 0 Å². The zero-order valence-electron chi connectivity index (χ0n) is 15.9. The highest BCUT2D eigenvalue weighted by Crippen LogP contribution is 2.36. The number of pyridine rings is 1. The zero-order chi connectivity index (χ0) is 19.1. The van der Waals surface area contributed by atoms with Crippen LogP contribution in [-0.2, 0) is 19.4 Å². The van der Waals surface area contributed by atoms with E-state index in [1.165, 1.54) is 34.6 Å². The van der Waals surface area contributed by atoms with E-state index in [4.69, 9.17) is 10.7 Å². The Morgan fingerprint density at radius 1 is 1.11 bits per heavy atom. The summed E-state index contributed by atoms with van der Waals surface area (Å²) in [6.45, 7) is 4.19. The van der Waals surface area contributed by atoms with Crippen LogP contribution in [0.2, 0.25) is 0 Å². The van der Waals surface area contributed by atoms with Crippen LogP contribution < -0.4 is 5.73 Å². The number of anilines is 1. The van der Waals surface area contributed by atoms with Gasteiger partial charge in [-0.25, -0.2) is 4.98 Å². The standard InChI is InChI=1S/C22H24N4OS/c23-19-17-13-16-7-4-8-18(16)24-21(17)28-20(19)22(27)26-11-9-25(10-12-26)14-15-5-2-1-3-6-15/h1-3,5-6,13H,4,7-12,14,23H2. The summed E-state index contributed by atoms with van der Waals surface area (Å²) in [5.41, 5.74) is 10.8. The van der Waals surface area contributed by atoms with Crippen molar-refractivity contribution in [1.29, 1.82) is 0 Å². The number of piperazine rings is 1. The largest absolute Gasteiger partial charge is 0.397 e. The third-order valence-corrected chi connectivity index (χ3v) is 6.96. The number of aryl methyl sites for hydroxylation is 2. The second kappa shape index (κ2) is 7.18. The molecular weight excluding hydrogens is 368 g/mol. The predicted octanol–water partition coefficient (Wildman–Crippen LogP) is 3.33. The molecule has 28 heavy (non-hydrogen) atoms. The van der Waals surface area contributed by atoms with E-state index in [0.717, 1.165) is 55.8 Å². The van der Waals surface area contributed by atoms with Crippen molar-refractivity contribution in [3.05, 3.63) is 58.1 Å². The smallest absolute Gasteiger partial charge is 0.266 e. The van der Waals surface area contributed by atoms with Crippen molar-refractivity contribution in [1.82, 2.24) is 14.8 Å². The van der Waals surface area contributed by atoms with E-state index in [-0.39, 0.29) is 5.91 Å². The lowest BCUT2D eigenvalue weighted by Crippen LogP contribution is -2.48. The van der Waals surface area contributed by atoms with Crippen molar-refractivity contribution in [3.8, 4) is 0 Å². The first-order valence-electron chi connectivity index (χ1n) is 9.95. The molecule has 0 spiro atoms. The van der Waals surface area contributed by atoms with Gasteiger partial charge >= 0.3 is 0 Å². The minimum Gasteiger partial charge on any atom is -0.397 e. The van der Waals surface area contributed by atoms with Crippen LogP contribution in [0.5, 0.6) is 0 Å². The SMILES string of the molecule is Nc1c(C(=O)N2CCN(Cc3ccccc3)CC2)sc2nc3c(cc12)CCC3. The van der Waals surface area contributed by atoms with Crippen molar-refractivity contribution in [2.24, 2.45) is 0 Å². The van der Waals surface area contributed by atoms with Crippen molar-refractivity contribution >= 4 is 33.1 Å². The van der Waals surface area contributed by atoms with Crippen LogP contribution in [0.25, 0.3) is 10.2 Å². The quantitative estimate of drug-likeness (QED) is 0.743. The average Bonchev–Trinajstić information content (AvgIpc) is 3.31. The van der Waals surface area contributed by atoms with E-state index in [1.807, 2.05) is 11.0 Å². The summed E-state index contributed by atoms with van der Waals surface area (Å²) in [4.78, 5) is 23.8. The lowest BCUT2D eigenvalue weighted by molar-refractivity contribution is 0.0634. The number of aromatic nitrogens is 1. The van der Waals surface area contributed by atoms with Gasteiger partial charge in [0.15, 0.2) is 0 Å². The molecule has 2 aliphatic rings. The first-order chi connectivity index (χ1) is 13.7. The molecule has 0 radical (unpaired) electrons. The van der Waals surface area contributed by atoms with Crippen LogP contribution in [0.15, 0.2) is 36.4 Å². The monoisotopic (exact) mass is 392 g/mol. The molecule has 144 valence electrons. The van der Waals surface area contributed by atoms with Crippen LogP contribution in [0.1, 0.15) is 32.9 Å². The Morgan fingerprint density at radius 3 is 2.68 bits per heavy atom. The Hall–Kier alpha value is -2.44. The van der Waals surface area contributed by atoms with Crippen molar-refractivity contribution in [2.75, 3.05) is 31.9 Å². The second-order valence-electron chi connectivity index (χ2n) is 7.70. The summed E-state index contributed by atoms with van der Waals surface area (Å²) >= 11 is 1.45. The number of nitrogens with two attached hydrogens (primary N) is 1. The molecule has 0 atom stereocenters. The minimum atomic E-state index is 0.0556. The van der Waals surface area contributed by atoms with Gasteiger partial charge in [-0.3, -0.25) is 9.69 Å². The molecule has 0 bridgehead atoms. The van der Waals surface area contributed by atoms with Crippen LogP contribution in [0, 0.1) is 0 Å². The molecule has 6 heteroatoms. The molecule has 2 N–H and O–H groups in total. The zero-order valence-corrected chi connectivity index (χ0v) is 16.7. The van der Waals surface area contributed by atoms with Gasteiger partial charge in [-0.1, -0.05) is 30.3 Å². The van der Waals surface area contributed by atoms with Crippen molar-refractivity contribution in [2.45, 2.75) is 25.8 Å². The third kappa shape index (κ3) is 3.16. The summed E-state index contributed by atoms with van der Waals surface area (Å²) in [6, 6.07) is 12.6. The normalized spacial score (nSPS) is 17.2. The van der Waals surface area contributed by atoms with Crippen LogP contribution >= 0.6 is 11.3 Å². The first-order valence-corrected chi connectivity index (χ1v) is 10.8. The third-order valence-electron chi connectivity index (χ3n) is 5.85. The first kappa shape index (κ1) is 17.6. The summed E-state index contributed by atoms with van der Waals surface area (Å²) in [5.74, 6) is 0.0556. The minimum absolute atomic E-state index is 0.0556. The average molecular weight is 393 g/mol. The highest BCUT2D eigenvalue weighted by atomic mass is 32.1. The number of fused-ring (bicyclic) bond motifs is 2. The molecule has 1 saturated heterocycles. The molecule has 1 aliphatic carbocycles. The number of thiophene rings is 1. The predicted molar refractivity (Wildman–Crippen MR) is 114 cm³/mol. The van der Waals surface area contributed by atoms with Crippen molar-refractivity contribution in [3.63, 3.8) is 0 Å². The molecule has 5 nitrogen and oxygen atoms in total. The Bertz CT molecular complexity index is 1020. The highest BCUT2D eigenvalue weighted by molar-refractivity contribution is 7.21. The van der Waals surface area contributed by atoms with Gasteiger partial charge in [0.25, 0.3) is 5.91 Å². The summed E-state index contributed by atoms with van der Waals surface area (Å²) < 4.78 is 0. The lowest BCUT2D eigenvalue weighted by Gasteiger charge is -2.34. The van der Waals surface area contributed by atoms with Gasteiger partial charge in [0.2, 0.25) is 0 Å². The van der Waals surface area contributed by atoms with E-state index in [2.05, 4.69) is 35.2 Å². The number of hydrogen-bond acceptors (Lipinski definition) is 5. The Labute approximate surface area is 168 Å². The van der Waals surface area contributed by atoms with Gasteiger partial charge in [-0.2, -0.15) is 0 Å². The van der Waals surface area contributed by atoms with Gasteiger partial charge in [0.05, 0.1) is 5.69 Å². The molecule has 1 amide bonds. The van der Waals surface area contributed by atoms with Gasteiger partial charge in [0.1, 0.15) is 9.71 Å². The number of carbonyl (C=O) groups excluding carboxylic acids is 1. The number of rotatable bonds is 3. The molecule has 0 saturated carbocycles. The molecule has 3 heterocycles. The summed E-state index contributed by atoms with van der Waals surface area (Å²) in [5, 5.41) is 0.955. The maximum absolute atomic E-state index is 13.1. The number of benzene rings is 1. The van der Waals surface area contributed by atoms with Gasteiger partial charge in [0, 0.05) is 43.8 Å². The molecule has 3 aromatic rings. The van der Waals surface area contributed by atoms with Gasteiger partial charge < -0.3 is 10.6 Å². The highest BCUT2D eigenvalue weighted by Gasteiger charge is 2.27. The van der Waals surface area contributed by atoms with E-state index in [9.17, 15) is 4.79 Å². The topological polar surface area (TPSA) is 62.5 Å². The van der Waals surface area contributed by atoms with Crippen molar-refractivity contribution < 1.29 is 4.79 Å². The number of amides is 1. The van der Waals surface area contributed by atoms with Gasteiger partial charge in [-0.15, -0.1) is 11.3 Å². The molecule has 1 aromatic carbocycles. The van der Waals surface area contributed by atoms with Crippen LogP contribution in [0.4, 0.5) is 5.69 Å². The Morgan fingerprint density at radius 2 is 1.89 bits per heavy atom. The molecule has 0 unspecified atom stereocenters. The fraction of sp³-hybridized carbons (Fsp3) is 0.364.